The molecule has 0 aliphatic rings. The van der Waals surface area contributed by atoms with E-state index < -0.39 is 0 Å². The first-order chi connectivity index (χ1) is 6.27. The van der Waals surface area contributed by atoms with Crippen LogP contribution in [0.4, 0.5) is 5.69 Å². The summed E-state index contributed by atoms with van der Waals surface area (Å²) in [6.07, 6.45) is 1.04. The molecule has 2 heteroatoms. The molecule has 13 heavy (non-hydrogen) atoms. The molecule has 1 aromatic carbocycles. The third-order valence-corrected chi connectivity index (χ3v) is 1.87. The second-order valence-electron chi connectivity index (χ2n) is 3.10. The summed E-state index contributed by atoms with van der Waals surface area (Å²) in [5.41, 5.74) is 2.28. The second-order valence-corrected chi connectivity index (χ2v) is 3.10. The van der Waals surface area contributed by atoms with E-state index in [2.05, 4.69) is 31.3 Å². The summed E-state index contributed by atoms with van der Waals surface area (Å²) in [6.45, 7) is 4.95. The average molecular weight is 179 g/mol. The summed E-state index contributed by atoms with van der Waals surface area (Å²) in [4.78, 5) is 0. The molecule has 0 heterocycles. The van der Waals surface area contributed by atoms with E-state index in [9.17, 15) is 0 Å². The van der Waals surface area contributed by atoms with Gasteiger partial charge in [0.1, 0.15) is 5.75 Å². The maximum atomic E-state index is 5.60. The standard InChI is InChI=1S/C11H17NO/c1-4-7-13-11-8-9(2)5-6-10(11)12-3/h5-6,8,12H,4,7H2,1-3H3. The second kappa shape index (κ2) is 4.75. The van der Waals surface area contributed by atoms with Gasteiger partial charge in [0.15, 0.2) is 0 Å². The zero-order chi connectivity index (χ0) is 9.68. The van der Waals surface area contributed by atoms with Crippen LogP contribution in [0.5, 0.6) is 5.75 Å². The molecule has 0 aliphatic carbocycles. The first-order valence-corrected chi connectivity index (χ1v) is 4.69. The molecule has 0 aromatic heterocycles. The Morgan fingerprint density at radius 3 is 2.77 bits per heavy atom. The number of hydrogen-bond acceptors (Lipinski definition) is 2. The van der Waals surface area contributed by atoms with Gasteiger partial charge in [-0.15, -0.1) is 0 Å². The molecule has 1 aromatic rings. The van der Waals surface area contributed by atoms with E-state index in [0.29, 0.717) is 0 Å². The number of benzene rings is 1. The molecule has 1 N–H and O–H groups in total. The minimum atomic E-state index is 0.776. The van der Waals surface area contributed by atoms with Gasteiger partial charge in [-0.2, -0.15) is 0 Å². The van der Waals surface area contributed by atoms with Gasteiger partial charge in [0, 0.05) is 7.05 Å². The van der Waals surface area contributed by atoms with Crippen molar-refractivity contribution >= 4 is 5.69 Å². The fourth-order valence-electron chi connectivity index (χ4n) is 1.17. The minimum Gasteiger partial charge on any atom is -0.491 e. The molecule has 0 aliphatic heterocycles. The van der Waals surface area contributed by atoms with Crippen LogP contribution in [0.25, 0.3) is 0 Å². The van der Waals surface area contributed by atoms with E-state index in [1.807, 2.05) is 13.1 Å². The molecule has 0 atom stereocenters. The Morgan fingerprint density at radius 2 is 2.15 bits per heavy atom. The highest BCUT2D eigenvalue weighted by atomic mass is 16.5. The molecule has 0 unspecified atom stereocenters. The molecular formula is C11H17NO. The normalized spacial score (nSPS) is 9.77. The van der Waals surface area contributed by atoms with Gasteiger partial charge < -0.3 is 10.1 Å². The van der Waals surface area contributed by atoms with Crippen LogP contribution in [-0.2, 0) is 0 Å². The van der Waals surface area contributed by atoms with Gasteiger partial charge in [0.25, 0.3) is 0 Å². The van der Waals surface area contributed by atoms with E-state index in [1.54, 1.807) is 0 Å². The lowest BCUT2D eigenvalue weighted by Gasteiger charge is -2.10. The molecule has 2 nitrogen and oxygen atoms in total. The third kappa shape index (κ3) is 2.65. The van der Waals surface area contributed by atoms with Crippen LogP contribution >= 0.6 is 0 Å². The number of hydrogen-bond donors (Lipinski definition) is 1. The van der Waals surface area contributed by atoms with Crippen molar-refractivity contribution in [3.8, 4) is 5.75 Å². The maximum absolute atomic E-state index is 5.60. The summed E-state index contributed by atoms with van der Waals surface area (Å²) in [7, 11) is 1.91. The number of nitrogens with one attached hydrogen (secondary N) is 1. The monoisotopic (exact) mass is 179 g/mol. The van der Waals surface area contributed by atoms with Crippen molar-refractivity contribution in [3.05, 3.63) is 23.8 Å². The van der Waals surface area contributed by atoms with Gasteiger partial charge in [0.2, 0.25) is 0 Å². The van der Waals surface area contributed by atoms with Crippen LogP contribution in [0.1, 0.15) is 18.9 Å². The highest BCUT2D eigenvalue weighted by Crippen LogP contribution is 2.25. The van der Waals surface area contributed by atoms with E-state index in [0.717, 1.165) is 24.5 Å². The predicted octanol–water partition coefficient (Wildman–Crippen LogP) is 2.83. The smallest absolute Gasteiger partial charge is 0.142 e. The quantitative estimate of drug-likeness (QED) is 0.767. The van der Waals surface area contributed by atoms with E-state index in [-0.39, 0.29) is 0 Å². The summed E-state index contributed by atoms with van der Waals surface area (Å²) in [5.74, 6) is 0.948. The summed E-state index contributed by atoms with van der Waals surface area (Å²) in [6, 6.07) is 6.17. The molecule has 0 amide bonds. The topological polar surface area (TPSA) is 21.3 Å². The molecule has 0 spiro atoms. The SMILES string of the molecule is CCCOc1cc(C)ccc1NC. The fourth-order valence-corrected chi connectivity index (χ4v) is 1.17. The Bertz CT molecular complexity index is 271. The molecule has 0 fully saturated rings. The minimum absolute atomic E-state index is 0.776. The molecular weight excluding hydrogens is 162 g/mol. The lowest BCUT2D eigenvalue weighted by molar-refractivity contribution is 0.319. The lowest BCUT2D eigenvalue weighted by atomic mass is 10.2. The van der Waals surface area contributed by atoms with E-state index in [1.165, 1.54) is 5.56 Å². The van der Waals surface area contributed by atoms with Gasteiger partial charge in [-0.1, -0.05) is 13.0 Å². The van der Waals surface area contributed by atoms with Gasteiger partial charge in [0.05, 0.1) is 12.3 Å². The highest BCUT2D eigenvalue weighted by molar-refractivity contribution is 5.57. The van der Waals surface area contributed by atoms with Crippen LogP contribution < -0.4 is 10.1 Å². The molecule has 1 rings (SSSR count). The Balaban J connectivity index is 2.81. The molecule has 0 saturated carbocycles. The number of aryl methyl sites for hydroxylation is 1. The van der Waals surface area contributed by atoms with Crippen LogP contribution in [-0.4, -0.2) is 13.7 Å². The lowest BCUT2D eigenvalue weighted by Crippen LogP contribution is -1.99. The highest BCUT2D eigenvalue weighted by Gasteiger charge is 2.00. The molecule has 0 saturated heterocycles. The molecule has 72 valence electrons. The van der Waals surface area contributed by atoms with Crippen molar-refractivity contribution in [2.75, 3.05) is 19.0 Å². The summed E-state index contributed by atoms with van der Waals surface area (Å²) in [5, 5.41) is 3.11. The average Bonchev–Trinajstić information content (AvgIpc) is 2.15. The largest absolute Gasteiger partial charge is 0.491 e. The predicted molar refractivity (Wildman–Crippen MR) is 56.5 cm³/mol. The number of ether oxygens (including phenoxy) is 1. The van der Waals surface area contributed by atoms with Gasteiger partial charge in [-0.25, -0.2) is 0 Å². The Labute approximate surface area is 79.9 Å². The van der Waals surface area contributed by atoms with Crippen LogP contribution in [0.3, 0.4) is 0 Å². The van der Waals surface area contributed by atoms with E-state index >= 15 is 0 Å². The van der Waals surface area contributed by atoms with Gasteiger partial charge in [-0.3, -0.25) is 0 Å². The number of anilines is 1. The van der Waals surface area contributed by atoms with E-state index in [4.69, 9.17) is 4.74 Å². The zero-order valence-electron chi connectivity index (χ0n) is 8.55. The van der Waals surface area contributed by atoms with Crippen molar-refractivity contribution in [1.29, 1.82) is 0 Å². The molecule has 0 bridgehead atoms. The Kier molecular flexibility index (Phi) is 3.62. The van der Waals surface area contributed by atoms with Gasteiger partial charge in [-0.05, 0) is 31.0 Å². The fraction of sp³-hybridized carbons (Fsp3) is 0.455. The van der Waals surface area contributed by atoms with Gasteiger partial charge >= 0.3 is 0 Å². The Hall–Kier alpha value is -1.18. The molecule has 0 radical (unpaired) electrons. The van der Waals surface area contributed by atoms with Crippen LogP contribution in [0, 0.1) is 6.92 Å². The van der Waals surface area contributed by atoms with Crippen molar-refractivity contribution < 1.29 is 4.74 Å². The van der Waals surface area contributed by atoms with Crippen LogP contribution in [0.15, 0.2) is 18.2 Å². The van der Waals surface area contributed by atoms with Crippen molar-refractivity contribution in [1.82, 2.24) is 0 Å². The Morgan fingerprint density at radius 1 is 1.38 bits per heavy atom. The first-order valence-electron chi connectivity index (χ1n) is 4.69. The van der Waals surface area contributed by atoms with Crippen molar-refractivity contribution in [2.45, 2.75) is 20.3 Å². The number of rotatable bonds is 4. The maximum Gasteiger partial charge on any atom is 0.142 e. The van der Waals surface area contributed by atoms with Crippen molar-refractivity contribution in [3.63, 3.8) is 0 Å². The summed E-state index contributed by atoms with van der Waals surface area (Å²) < 4.78 is 5.60. The first kappa shape index (κ1) is 9.90. The summed E-state index contributed by atoms with van der Waals surface area (Å²) >= 11 is 0. The third-order valence-electron chi connectivity index (χ3n) is 1.87. The van der Waals surface area contributed by atoms with Crippen molar-refractivity contribution in [2.24, 2.45) is 0 Å². The van der Waals surface area contributed by atoms with Crippen LogP contribution in [0.2, 0.25) is 0 Å². The zero-order valence-corrected chi connectivity index (χ0v) is 8.55.